The molecule has 0 N–H and O–H groups in total. The molecule has 2 rings (SSSR count). The van der Waals surface area contributed by atoms with Crippen molar-refractivity contribution in [2.45, 2.75) is 143 Å². The third kappa shape index (κ3) is 20.4. The molecule has 0 atom stereocenters. The fourth-order valence-electron chi connectivity index (χ4n) is 4.90. The standard InChI is InChI=1S/C34H58N4.2ClH/c1-3-5-7-9-13-17-25-35-33-21-29-37(30-22-33)27-19-15-11-12-16-20-28-38-31-23-34(24-32-38)36-26-18-14-10-8-6-4-2;;/h21-24,29-32H,3-20,25-28H2,1-2H3;2*1H. The molecule has 0 aliphatic rings. The van der Waals surface area contributed by atoms with E-state index in [1.54, 1.807) is 0 Å². The summed E-state index contributed by atoms with van der Waals surface area (Å²) < 4.78 is 4.62. The van der Waals surface area contributed by atoms with E-state index in [0.29, 0.717) is 0 Å². The van der Waals surface area contributed by atoms with Gasteiger partial charge in [-0.1, -0.05) is 104 Å². The highest BCUT2D eigenvalue weighted by Gasteiger charge is 1.95. The van der Waals surface area contributed by atoms with Crippen molar-refractivity contribution in [1.29, 1.82) is 0 Å². The van der Waals surface area contributed by atoms with Gasteiger partial charge in [-0.25, -0.2) is 0 Å². The molecule has 2 aromatic rings. The Hall–Kier alpha value is -1.52. The third-order valence-electron chi connectivity index (χ3n) is 7.44. The van der Waals surface area contributed by atoms with E-state index in [0.717, 1.165) is 36.9 Å². The SMILES string of the molecule is CCCCCCCCN=c1ccn(CCCCCCCCn2ccc(=NCCCCCCCC)cc2)cc1.Cl.Cl. The summed E-state index contributed by atoms with van der Waals surface area (Å²) in [6.45, 7) is 8.71. The molecule has 0 aliphatic carbocycles. The number of hydrogen-bond acceptors (Lipinski definition) is 2. The third-order valence-corrected chi connectivity index (χ3v) is 7.44. The van der Waals surface area contributed by atoms with Crippen LogP contribution in [0.1, 0.15) is 129 Å². The average Bonchev–Trinajstić information content (AvgIpc) is 2.95. The van der Waals surface area contributed by atoms with Crippen LogP contribution in [0.25, 0.3) is 0 Å². The first-order chi connectivity index (χ1) is 18.8. The van der Waals surface area contributed by atoms with Crippen molar-refractivity contribution in [1.82, 2.24) is 9.13 Å². The van der Waals surface area contributed by atoms with Crippen molar-refractivity contribution in [3.05, 3.63) is 59.8 Å². The topological polar surface area (TPSA) is 34.6 Å². The summed E-state index contributed by atoms with van der Waals surface area (Å²) in [5, 5.41) is 2.26. The molecule has 0 bridgehead atoms. The van der Waals surface area contributed by atoms with Gasteiger partial charge in [-0.15, -0.1) is 24.8 Å². The Labute approximate surface area is 258 Å². The lowest BCUT2D eigenvalue weighted by Crippen LogP contribution is -2.07. The molecule has 0 aliphatic heterocycles. The maximum absolute atomic E-state index is 4.74. The van der Waals surface area contributed by atoms with Crippen LogP contribution in [0.15, 0.2) is 59.0 Å². The first-order valence-electron chi connectivity index (χ1n) is 16.1. The zero-order valence-corrected chi connectivity index (χ0v) is 27.4. The van der Waals surface area contributed by atoms with Gasteiger partial charge in [0.15, 0.2) is 0 Å². The van der Waals surface area contributed by atoms with E-state index in [-0.39, 0.29) is 24.8 Å². The van der Waals surface area contributed by atoms with Crippen LogP contribution in [0.2, 0.25) is 0 Å². The number of rotatable bonds is 23. The molecule has 0 saturated carbocycles. The number of aryl methyl sites for hydroxylation is 2. The molecule has 0 unspecified atom stereocenters. The molecule has 2 heterocycles. The van der Waals surface area contributed by atoms with Gasteiger partial charge in [-0.05, 0) is 49.9 Å². The summed E-state index contributed by atoms with van der Waals surface area (Å²) in [4.78, 5) is 9.47. The van der Waals surface area contributed by atoms with Gasteiger partial charge < -0.3 is 9.13 Å². The van der Waals surface area contributed by atoms with Crippen LogP contribution in [0.5, 0.6) is 0 Å². The van der Waals surface area contributed by atoms with Gasteiger partial charge in [-0.3, -0.25) is 9.98 Å². The molecule has 230 valence electrons. The molecule has 4 nitrogen and oxygen atoms in total. The smallest absolute Gasteiger partial charge is 0.0603 e. The van der Waals surface area contributed by atoms with E-state index < -0.39 is 0 Å². The minimum absolute atomic E-state index is 0. The van der Waals surface area contributed by atoms with E-state index in [9.17, 15) is 0 Å². The monoisotopic (exact) mass is 594 g/mol. The Bertz CT molecular complexity index is 833. The Morgan fingerprint density at radius 1 is 0.425 bits per heavy atom. The van der Waals surface area contributed by atoms with Gasteiger partial charge >= 0.3 is 0 Å². The lowest BCUT2D eigenvalue weighted by molar-refractivity contribution is 0.529. The number of pyridine rings is 2. The highest BCUT2D eigenvalue weighted by atomic mass is 35.5. The second-order valence-electron chi connectivity index (χ2n) is 11.0. The first kappa shape index (κ1) is 38.5. The van der Waals surface area contributed by atoms with Crippen molar-refractivity contribution in [2.24, 2.45) is 9.98 Å². The summed E-state index contributed by atoms with van der Waals surface area (Å²) in [6, 6.07) is 8.69. The number of nitrogens with zero attached hydrogens (tertiary/aromatic N) is 4. The molecule has 0 fully saturated rings. The second-order valence-corrected chi connectivity index (χ2v) is 11.0. The normalized spacial score (nSPS) is 10.6. The van der Waals surface area contributed by atoms with Crippen LogP contribution >= 0.6 is 24.8 Å². The van der Waals surface area contributed by atoms with Gasteiger partial charge in [0.25, 0.3) is 0 Å². The number of unbranched alkanes of at least 4 members (excludes halogenated alkanes) is 15. The van der Waals surface area contributed by atoms with E-state index in [4.69, 9.17) is 9.98 Å². The van der Waals surface area contributed by atoms with Crippen molar-refractivity contribution in [3.8, 4) is 0 Å². The summed E-state index contributed by atoms with van der Waals surface area (Å²) >= 11 is 0. The van der Waals surface area contributed by atoms with Crippen molar-refractivity contribution < 1.29 is 0 Å². The molecular formula is C34H60Cl2N4. The first-order valence-corrected chi connectivity index (χ1v) is 16.1. The Morgan fingerprint density at radius 2 is 0.725 bits per heavy atom. The summed E-state index contributed by atoms with van der Waals surface area (Å²) in [5.74, 6) is 0. The average molecular weight is 596 g/mol. The van der Waals surface area contributed by atoms with Gasteiger partial charge in [0.05, 0.1) is 10.7 Å². The highest BCUT2D eigenvalue weighted by Crippen LogP contribution is 2.08. The maximum atomic E-state index is 4.74. The fourth-order valence-corrected chi connectivity index (χ4v) is 4.90. The Morgan fingerprint density at radius 3 is 1.07 bits per heavy atom. The van der Waals surface area contributed by atoms with Gasteiger partial charge in [-0.2, -0.15) is 0 Å². The van der Waals surface area contributed by atoms with Crippen LogP contribution < -0.4 is 10.7 Å². The Kier molecular flexibility index (Phi) is 26.6. The summed E-state index contributed by atoms with van der Waals surface area (Å²) in [6.07, 6.45) is 32.6. The van der Waals surface area contributed by atoms with Crippen molar-refractivity contribution in [3.63, 3.8) is 0 Å². The minimum atomic E-state index is 0. The fraction of sp³-hybridized carbons (Fsp3) is 0.706. The van der Waals surface area contributed by atoms with Crippen LogP contribution in [0.3, 0.4) is 0 Å². The number of halogens is 2. The largest absolute Gasteiger partial charge is 0.354 e. The van der Waals surface area contributed by atoms with E-state index >= 15 is 0 Å². The van der Waals surface area contributed by atoms with E-state index in [1.807, 2.05) is 0 Å². The molecular weight excluding hydrogens is 535 g/mol. The quantitative estimate of drug-likeness (QED) is 0.115. The molecule has 0 aromatic carbocycles. The predicted molar refractivity (Wildman–Crippen MR) is 179 cm³/mol. The van der Waals surface area contributed by atoms with E-state index in [2.05, 4.69) is 72.0 Å². The number of hydrogen-bond donors (Lipinski definition) is 0. The Balaban J connectivity index is 0.00000760. The van der Waals surface area contributed by atoms with Crippen LogP contribution in [0.4, 0.5) is 0 Å². The number of aromatic nitrogens is 2. The highest BCUT2D eigenvalue weighted by molar-refractivity contribution is 5.85. The molecule has 0 saturated heterocycles. The lowest BCUT2D eigenvalue weighted by Gasteiger charge is -2.07. The van der Waals surface area contributed by atoms with Crippen molar-refractivity contribution >= 4 is 24.8 Å². The maximum Gasteiger partial charge on any atom is 0.0603 e. The molecule has 0 radical (unpaired) electrons. The minimum Gasteiger partial charge on any atom is -0.354 e. The summed E-state index contributed by atoms with van der Waals surface area (Å²) in [7, 11) is 0. The molecule has 0 spiro atoms. The molecule has 6 heteroatoms. The van der Waals surface area contributed by atoms with E-state index in [1.165, 1.54) is 116 Å². The summed E-state index contributed by atoms with van der Waals surface area (Å²) in [5.41, 5.74) is 0. The van der Waals surface area contributed by atoms with Gasteiger partial charge in [0.2, 0.25) is 0 Å². The van der Waals surface area contributed by atoms with Crippen LogP contribution in [-0.4, -0.2) is 22.2 Å². The van der Waals surface area contributed by atoms with Crippen LogP contribution in [0, 0.1) is 0 Å². The van der Waals surface area contributed by atoms with Gasteiger partial charge in [0, 0.05) is 51.0 Å². The predicted octanol–water partition coefficient (Wildman–Crippen LogP) is 9.70. The molecule has 0 amide bonds. The zero-order chi connectivity index (χ0) is 26.9. The lowest BCUT2D eigenvalue weighted by atomic mass is 10.1. The van der Waals surface area contributed by atoms with Gasteiger partial charge in [0.1, 0.15) is 0 Å². The van der Waals surface area contributed by atoms with Crippen LogP contribution in [-0.2, 0) is 13.1 Å². The molecule has 2 aromatic heterocycles. The van der Waals surface area contributed by atoms with Crippen molar-refractivity contribution in [2.75, 3.05) is 13.1 Å². The molecule has 40 heavy (non-hydrogen) atoms. The zero-order valence-electron chi connectivity index (χ0n) is 25.8. The second kappa shape index (κ2) is 27.6.